The molecule has 0 aromatic heterocycles. The number of nitro benzene ring substituents is 2. The molecule has 1 unspecified atom stereocenters. The zero-order valence-corrected chi connectivity index (χ0v) is 15.5. The Hall–Kier alpha value is -3.96. The molecule has 0 radical (unpaired) electrons. The van der Waals surface area contributed by atoms with Gasteiger partial charge in [-0.25, -0.2) is 0 Å². The Labute approximate surface area is 165 Å². The molecular formula is C17H18N8O4. The third-order valence-corrected chi connectivity index (χ3v) is 4.27. The highest BCUT2D eigenvalue weighted by atomic mass is 16.6. The summed E-state index contributed by atoms with van der Waals surface area (Å²) in [7, 11) is 0. The summed E-state index contributed by atoms with van der Waals surface area (Å²) in [5.41, 5.74) is 0.147. The summed E-state index contributed by atoms with van der Waals surface area (Å²) in [6.45, 7) is 3.33. The molecule has 1 atom stereocenters. The van der Waals surface area contributed by atoms with Gasteiger partial charge >= 0.3 is 0 Å². The Kier molecular flexibility index (Phi) is 6.02. The van der Waals surface area contributed by atoms with E-state index in [1.165, 1.54) is 24.3 Å². The maximum Gasteiger partial charge on any atom is 0.296 e. The minimum atomic E-state index is -0.502. The van der Waals surface area contributed by atoms with Crippen LogP contribution in [0.3, 0.4) is 0 Å². The van der Waals surface area contributed by atoms with Gasteiger partial charge in [0.25, 0.3) is 11.4 Å². The molecule has 1 aliphatic heterocycles. The summed E-state index contributed by atoms with van der Waals surface area (Å²) in [5.74, 6) is 0. The van der Waals surface area contributed by atoms with Crippen LogP contribution < -0.4 is 0 Å². The highest BCUT2D eigenvalue weighted by Gasteiger charge is 2.23. The number of benzene rings is 2. The largest absolute Gasteiger partial charge is 0.296 e. The van der Waals surface area contributed by atoms with Crippen molar-refractivity contribution in [3.8, 4) is 0 Å². The molecular weight excluding hydrogens is 380 g/mol. The molecule has 12 nitrogen and oxygen atoms in total. The van der Waals surface area contributed by atoms with Crippen molar-refractivity contribution in [3.63, 3.8) is 0 Å². The molecule has 2 aromatic rings. The summed E-state index contributed by atoms with van der Waals surface area (Å²) in [4.78, 5) is 21.1. The molecule has 1 fully saturated rings. The quantitative estimate of drug-likeness (QED) is 0.405. The summed E-state index contributed by atoms with van der Waals surface area (Å²) in [6, 6.07) is 12.2. The molecule has 0 N–H and O–H groups in total. The van der Waals surface area contributed by atoms with Gasteiger partial charge in [0.05, 0.1) is 35.5 Å². The Morgan fingerprint density at radius 1 is 0.862 bits per heavy atom. The third kappa shape index (κ3) is 4.86. The highest BCUT2D eigenvalue weighted by Crippen LogP contribution is 2.28. The SMILES string of the molecule is CC1CN(N=Nc2ccccc2[N+](=O)[O-])CCN1N=Nc1ccccc1[N+](=O)[O-]. The van der Waals surface area contributed by atoms with E-state index in [9.17, 15) is 20.2 Å². The van der Waals surface area contributed by atoms with Crippen molar-refractivity contribution >= 4 is 22.7 Å². The predicted octanol–water partition coefficient (Wildman–Crippen LogP) is 4.21. The molecule has 12 heteroatoms. The van der Waals surface area contributed by atoms with Gasteiger partial charge in [-0.3, -0.25) is 30.2 Å². The molecule has 29 heavy (non-hydrogen) atoms. The van der Waals surface area contributed by atoms with Crippen LogP contribution in [0.4, 0.5) is 22.7 Å². The number of nitrogens with zero attached hydrogens (tertiary/aromatic N) is 8. The second-order valence-electron chi connectivity index (χ2n) is 6.30. The van der Waals surface area contributed by atoms with Crippen molar-refractivity contribution in [1.82, 2.24) is 10.0 Å². The lowest BCUT2D eigenvalue weighted by atomic mass is 10.2. The Balaban J connectivity index is 1.64. The van der Waals surface area contributed by atoms with Gasteiger partial charge in [0, 0.05) is 12.1 Å². The number of nitro groups is 2. The minimum absolute atomic E-state index is 0.0834. The second kappa shape index (κ2) is 8.82. The van der Waals surface area contributed by atoms with E-state index in [1.807, 2.05) is 6.92 Å². The van der Waals surface area contributed by atoms with Crippen molar-refractivity contribution in [2.75, 3.05) is 19.6 Å². The monoisotopic (exact) mass is 398 g/mol. The summed E-state index contributed by atoms with van der Waals surface area (Å²) < 4.78 is 0. The van der Waals surface area contributed by atoms with Crippen LogP contribution in [-0.4, -0.2) is 45.5 Å². The first-order valence-electron chi connectivity index (χ1n) is 8.77. The van der Waals surface area contributed by atoms with E-state index >= 15 is 0 Å². The van der Waals surface area contributed by atoms with Crippen molar-refractivity contribution in [2.24, 2.45) is 20.7 Å². The highest BCUT2D eigenvalue weighted by molar-refractivity contribution is 5.56. The average molecular weight is 398 g/mol. The fraction of sp³-hybridized carbons (Fsp3) is 0.294. The predicted molar refractivity (Wildman–Crippen MR) is 103 cm³/mol. The van der Waals surface area contributed by atoms with Gasteiger partial charge in [0.15, 0.2) is 11.4 Å². The first kappa shape index (κ1) is 19.8. The van der Waals surface area contributed by atoms with Crippen LogP contribution in [0.25, 0.3) is 0 Å². The molecule has 2 aromatic carbocycles. The van der Waals surface area contributed by atoms with E-state index in [0.717, 1.165) is 0 Å². The average Bonchev–Trinajstić information content (AvgIpc) is 2.71. The lowest BCUT2D eigenvalue weighted by Crippen LogP contribution is -2.47. The van der Waals surface area contributed by atoms with Crippen molar-refractivity contribution in [1.29, 1.82) is 0 Å². The number of hydrogen-bond donors (Lipinski definition) is 0. The number of piperazine rings is 1. The van der Waals surface area contributed by atoms with Gasteiger partial charge in [0.2, 0.25) is 0 Å². The van der Waals surface area contributed by atoms with E-state index in [1.54, 1.807) is 34.3 Å². The molecule has 0 saturated carbocycles. The Morgan fingerprint density at radius 3 is 1.90 bits per heavy atom. The van der Waals surface area contributed by atoms with Crippen molar-refractivity contribution in [3.05, 3.63) is 68.8 Å². The first-order chi connectivity index (χ1) is 14.0. The molecule has 1 saturated heterocycles. The zero-order chi connectivity index (χ0) is 20.8. The van der Waals surface area contributed by atoms with E-state index in [4.69, 9.17) is 0 Å². The van der Waals surface area contributed by atoms with Crippen LogP contribution in [0.15, 0.2) is 69.2 Å². The van der Waals surface area contributed by atoms with Gasteiger partial charge in [0.1, 0.15) is 0 Å². The zero-order valence-electron chi connectivity index (χ0n) is 15.5. The van der Waals surface area contributed by atoms with Crippen LogP contribution in [0, 0.1) is 20.2 Å². The van der Waals surface area contributed by atoms with E-state index in [-0.39, 0.29) is 28.8 Å². The normalized spacial score (nSPS) is 17.2. The lowest BCUT2D eigenvalue weighted by molar-refractivity contribution is -0.384. The van der Waals surface area contributed by atoms with Gasteiger partial charge < -0.3 is 0 Å². The molecule has 3 rings (SSSR count). The van der Waals surface area contributed by atoms with Crippen LogP contribution >= 0.6 is 0 Å². The smallest absolute Gasteiger partial charge is 0.274 e. The number of rotatable bonds is 6. The van der Waals surface area contributed by atoms with Crippen LogP contribution in [0.1, 0.15) is 6.92 Å². The van der Waals surface area contributed by atoms with Crippen LogP contribution in [0.2, 0.25) is 0 Å². The molecule has 0 spiro atoms. The van der Waals surface area contributed by atoms with Gasteiger partial charge in [-0.05, 0) is 19.1 Å². The molecule has 0 amide bonds. The molecule has 0 bridgehead atoms. The lowest BCUT2D eigenvalue weighted by Gasteiger charge is -2.34. The van der Waals surface area contributed by atoms with Gasteiger partial charge in [-0.1, -0.05) is 34.7 Å². The maximum atomic E-state index is 11.1. The summed E-state index contributed by atoms with van der Waals surface area (Å²) >= 11 is 0. The molecule has 1 heterocycles. The Bertz CT molecular complexity index is 964. The van der Waals surface area contributed by atoms with E-state index in [0.29, 0.717) is 19.6 Å². The van der Waals surface area contributed by atoms with E-state index < -0.39 is 9.85 Å². The number of hydrogen-bond acceptors (Lipinski definition) is 8. The topological polar surface area (TPSA) is 142 Å². The van der Waals surface area contributed by atoms with E-state index in [2.05, 4.69) is 20.7 Å². The van der Waals surface area contributed by atoms with Crippen molar-refractivity contribution < 1.29 is 9.85 Å². The number of para-hydroxylation sites is 2. The fourth-order valence-electron chi connectivity index (χ4n) is 2.77. The second-order valence-corrected chi connectivity index (χ2v) is 6.30. The van der Waals surface area contributed by atoms with Gasteiger partial charge in [-0.15, -0.1) is 10.2 Å². The van der Waals surface area contributed by atoms with Crippen molar-refractivity contribution in [2.45, 2.75) is 13.0 Å². The Morgan fingerprint density at radius 2 is 1.38 bits per heavy atom. The summed E-state index contributed by atoms with van der Waals surface area (Å²) in [5, 5.41) is 41.7. The third-order valence-electron chi connectivity index (χ3n) is 4.27. The summed E-state index contributed by atoms with van der Waals surface area (Å²) in [6.07, 6.45) is 0. The van der Waals surface area contributed by atoms with Crippen LogP contribution in [0.5, 0.6) is 0 Å². The fourth-order valence-corrected chi connectivity index (χ4v) is 2.77. The van der Waals surface area contributed by atoms with Crippen LogP contribution in [-0.2, 0) is 0 Å². The molecule has 0 aliphatic carbocycles. The minimum Gasteiger partial charge on any atom is -0.274 e. The standard InChI is InChI=1S/C17H18N8O4/c1-13-12-22(20-18-14-6-2-4-8-16(14)24(26)27)10-11-23(13)21-19-15-7-3-5-9-17(15)25(28)29/h2-9,13H,10-12H2,1H3. The first-order valence-corrected chi connectivity index (χ1v) is 8.77. The maximum absolute atomic E-state index is 11.1. The molecule has 150 valence electrons. The molecule has 1 aliphatic rings. The van der Waals surface area contributed by atoms with Gasteiger partial charge in [-0.2, -0.15) is 0 Å².